The predicted molar refractivity (Wildman–Crippen MR) is 48.8 cm³/mol. The summed E-state index contributed by atoms with van der Waals surface area (Å²) in [4.78, 5) is 11.5. The van der Waals surface area contributed by atoms with Gasteiger partial charge in [-0.25, -0.2) is 0 Å². The largest absolute Gasteiger partial charge is 0.299 e. The highest BCUT2D eigenvalue weighted by Gasteiger charge is 2.31. The van der Waals surface area contributed by atoms with E-state index in [1.165, 1.54) is 18.4 Å². The van der Waals surface area contributed by atoms with Crippen LogP contribution in [0.3, 0.4) is 0 Å². The fourth-order valence-corrected chi connectivity index (χ4v) is 2.52. The lowest BCUT2D eigenvalue weighted by atomic mass is 9.89. The van der Waals surface area contributed by atoms with Crippen LogP contribution in [0, 0.1) is 11.8 Å². The molecule has 0 amide bonds. The number of rotatable bonds is 1. The van der Waals surface area contributed by atoms with Crippen LogP contribution in [0.15, 0.2) is 11.6 Å². The lowest BCUT2D eigenvalue weighted by molar-refractivity contribution is -0.119. The molecule has 0 radical (unpaired) electrons. The summed E-state index contributed by atoms with van der Waals surface area (Å²) in [5, 5.41) is 0. The van der Waals surface area contributed by atoms with Gasteiger partial charge in [0.25, 0.3) is 0 Å². The zero-order valence-corrected chi connectivity index (χ0v) is 7.68. The Bertz CT molecular complexity index is 227. The van der Waals surface area contributed by atoms with Gasteiger partial charge in [-0.2, -0.15) is 0 Å². The molecule has 1 fully saturated rings. The molecule has 0 saturated heterocycles. The molecule has 0 aromatic rings. The van der Waals surface area contributed by atoms with Gasteiger partial charge in [-0.3, -0.25) is 4.79 Å². The van der Waals surface area contributed by atoms with Crippen molar-refractivity contribution in [2.45, 2.75) is 39.0 Å². The molecule has 66 valence electrons. The second-order valence-electron chi connectivity index (χ2n) is 4.09. The Hall–Kier alpha value is -0.590. The maximum atomic E-state index is 11.5. The van der Waals surface area contributed by atoms with Crippen LogP contribution in [0.25, 0.3) is 0 Å². The first kappa shape index (κ1) is 8.03. The molecule has 2 aliphatic rings. The minimum atomic E-state index is 0.322. The second-order valence-corrected chi connectivity index (χ2v) is 4.09. The first-order chi connectivity index (χ1) is 5.79. The molecule has 0 spiro atoms. The van der Waals surface area contributed by atoms with Gasteiger partial charge in [-0.05, 0) is 31.6 Å². The van der Waals surface area contributed by atoms with E-state index in [1.54, 1.807) is 0 Å². The van der Waals surface area contributed by atoms with Gasteiger partial charge in [0.1, 0.15) is 5.78 Å². The number of allylic oxidation sites excluding steroid dienone is 2. The fraction of sp³-hybridized carbons (Fsp3) is 0.727. The molecular formula is C11H16O. The van der Waals surface area contributed by atoms with E-state index < -0.39 is 0 Å². The zero-order valence-electron chi connectivity index (χ0n) is 7.68. The van der Waals surface area contributed by atoms with Gasteiger partial charge >= 0.3 is 0 Å². The summed E-state index contributed by atoms with van der Waals surface area (Å²) in [6, 6.07) is 0. The Morgan fingerprint density at radius 2 is 2.25 bits per heavy atom. The van der Waals surface area contributed by atoms with Gasteiger partial charge in [-0.15, -0.1) is 0 Å². The van der Waals surface area contributed by atoms with Crippen LogP contribution >= 0.6 is 0 Å². The monoisotopic (exact) mass is 164 g/mol. The van der Waals surface area contributed by atoms with Crippen molar-refractivity contribution in [3.05, 3.63) is 11.6 Å². The zero-order chi connectivity index (χ0) is 8.55. The van der Waals surface area contributed by atoms with Crippen LogP contribution in [-0.2, 0) is 4.79 Å². The van der Waals surface area contributed by atoms with Gasteiger partial charge < -0.3 is 0 Å². The maximum absolute atomic E-state index is 11.5. The molecule has 0 aromatic carbocycles. The van der Waals surface area contributed by atoms with E-state index in [4.69, 9.17) is 0 Å². The van der Waals surface area contributed by atoms with Crippen molar-refractivity contribution in [1.82, 2.24) is 0 Å². The van der Waals surface area contributed by atoms with E-state index in [0.29, 0.717) is 17.6 Å². The van der Waals surface area contributed by atoms with E-state index in [-0.39, 0.29) is 0 Å². The molecule has 1 heteroatoms. The van der Waals surface area contributed by atoms with Crippen molar-refractivity contribution in [2.75, 3.05) is 0 Å². The molecule has 2 unspecified atom stereocenters. The van der Waals surface area contributed by atoms with E-state index in [9.17, 15) is 4.79 Å². The Morgan fingerprint density at radius 1 is 1.42 bits per heavy atom. The highest BCUT2D eigenvalue weighted by molar-refractivity contribution is 5.85. The highest BCUT2D eigenvalue weighted by Crippen LogP contribution is 2.37. The van der Waals surface area contributed by atoms with E-state index in [0.717, 1.165) is 19.3 Å². The van der Waals surface area contributed by atoms with Crippen LogP contribution in [0.1, 0.15) is 39.0 Å². The summed E-state index contributed by atoms with van der Waals surface area (Å²) in [6.45, 7) is 2.25. The molecule has 2 rings (SSSR count). The van der Waals surface area contributed by atoms with Gasteiger partial charge in [0.15, 0.2) is 0 Å². The van der Waals surface area contributed by atoms with Crippen LogP contribution < -0.4 is 0 Å². The van der Waals surface area contributed by atoms with Crippen molar-refractivity contribution >= 4 is 5.78 Å². The van der Waals surface area contributed by atoms with E-state index in [2.05, 4.69) is 13.0 Å². The summed E-state index contributed by atoms with van der Waals surface area (Å²) < 4.78 is 0. The van der Waals surface area contributed by atoms with Crippen LogP contribution in [0.4, 0.5) is 0 Å². The Labute approximate surface area is 73.8 Å². The van der Waals surface area contributed by atoms with Gasteiger partial charge in [0, 0.05) is 12.3 Å². The smallest absolute Gasteiger partial charge is 0.140 e. The van der Waals surface area contributed by atoms with E-state index >= 15 is 0 Å². The van der Waals surface area contributed by atoms with Crippen molar-refractivity contribution < 1.29 is 4.79 Å². The van der Waals surface area contributed by atoms with Crippen molar-refractivity contribution in [2.24, 2.45) is 11.8 Å². The third-order valence-electron chi connectivity index (χ3n) is 3.26. The SMILES string of the molecule is CC1CCC=C1C1CCCC1=O. The summed E-state index contributed by atoms with van der Waals surface area (Å²) in [5.74, 6) is 1.49. The van der Waals surface area contributed by atoms with Crippen LogP contribution in [0.2, 0.25) is 0 Å². The minimum Gasteiger partial charge on any atom is -0.299 e. The molecule has 2 aliphatic carbocycles. The number of Topliss-reactive ketones (excluding diaryl/α,β-unsaturated/α-hetero) is 1. The third kappa shape index (κ3) is 1.21. The molecule has 0 N–H and O–H groups in total. The standard InChI is InChI=1S/C11H16O/c1-8-4-2-5-9(8)10-6-3-7-11(10)12/h5,8,10H,2-4,6-7H2,1H3. The summed E-state index contributed by atoms with van der Waals surface area (Å²) in [5.41, 5.74) is 1.46. The number of hydrogen-bond donors (Lipinski definition) is 0. The van der Waals surface area contributed by atoms with E-state index in [1.807, 2.05) is 0 Å². The first-order valence-electron chi connectivity index (χ1n) is 5.01. The normalized spacial score (nSPS) is 35.8. The Balaban J connectivity index is 2.13. The molecular weight excluding hydrogens is 148 g/mol. The average Bonchev–Trinajstić information content (AvgIpc) is 2.59. The minimum absolute atomic E-state index is 0.322. The predicted octanol–water partition coefficient (Wildman–Crippen LogP) is 2.71. The number of carbonyl (C=O) groups excluding carboxylic acids is 1. The lowest BCUT2D eigenvalue weighted by Gasteiger charge is -2.14. The third-order valence-corrected chi connectivity index (χ3v) is 3.26. The van der Waals surface area contributed by atoms with Crippen molar-refractivity contribution in [3.8, 4) is 0 Å². The van der Waals surface area contributed by atoms with Crippen molar-refractivity contribution in [3.63, 3.8) is 0 Å². The quantitative estimate of drug-likeness (QED) is 0.544. The molecule has 0 aliphatic heterocycles. The molecule has 2 atom stereocenters. The van der Waals surface area contributed by atoms with Crippen LogP contribution in [0.5, 0.6) is 0 Å². The molecule has 12 heavy (non-hydrogen) atoms. The lowest BCUT2D eigenvalue weighted by Crippen LogP contribution is -2.12. The summed E-state index contributed by atoms with van der Waals surface area (Å²) in [7, 11) is 0. The number of hydrogen-bond acceptors (Lipinski definition) is 1. The topological polar surface area (TPSA) is 17.1 Å². The number of ketones is 1. The fourth-order valence-electron chi connectivity index (χ4n) is 2.52. The molecule has 0 aromatic heterocycles. The van der Waals surface area contributed by atoms with Crippen LogP contribution in [-0.4, -0.2) is 5.78 Å². The molecule has 0 bridgehead atoms. The maximum Gasteiger partial charge on any atom is 0.140 e. The Morgan fingerprint density at radius 3 is 2.75 bits per heavy atom. The first-order valence-corrected chi connectivity index (χ1v) is 5.01. The Kier molecular flexibility index (Phi) is 2.03. The van der Waals surface area contributed by atoms with Crippen molar-refractivity contribution in [1.29, 1.82) is 0 Å². The molecule has 0 heterocycles. The summed E-state index contributed by atoms with van der Waals surface area (Å²) >= 11 is 0. The number of carbonyl (C=O) groups is 1. The van der Waals surface area contributed by atoms with Gasteiger partial charge in [-0.1, -0.05) is 18.6 Å². The molecule has 1 saturated carbocycles. The highest BCUT2D eigenvalue weighted by atomic mass is 16.1. The second kappa shape index (κ2) is 3.04. The van der Waals surface area contributed by atoms with Gasteiger partial charge in [0.05, 0.1) is 0 Å². The summed E-state index contributed by atoms with van der Waals surface area (Å²) in [6.07, 6.45) is 7.83. The average molecular weight is 164 g/mol. The van der Waals surface area contributed by atoms with Gasteiger partial charge in [0.2, 0.25) is 0 Å². The molecule has 1 nitrogen and oxygen atoms in total.